The minimum Gasteiger partial charge on any atom is -0.494 e. The summed E-state index contributed by atoms with van der Waals surface area (Å²) in [6, 6.07) is 12.1. The van der Waals surface area contributed by atoms with E-state index in [0.29, 0.717) is 0 Å². The first-order valence-corrected chi connectivity index (χ1v) is 7.63. The highest BCUT2D eigenvalue weighted by Gasteiger charge is 1.96. The van der Waals surface area contributed by atoms with Crippen LogP contribution in [0.15, 0.2) is 45.6 Å². The SMILES string of the molecule is Brc1cc(CNCCCOc2ccccc2)cs1. The number of rotatable bonds is 7. The van der Waals surface area contributed by atoms with Gasteiger partial charge >= 0.3 is 0 Å². The topological polar surface area (TPSA) is 21.3 Å². The summed E-state index contributed by atoms with van der Waals surface area (Å²) < 4.78 is 6.80. The summed E-state index contributed by atoms with van der Waals surface area (Å²) in [5.74, 6) is 0.944. The molecular weight excluding hydrogens is 310 g/mol. The van der Waals surface area contributed by atoms with Crippen LogP contribution in [0.1, 0.15) is 12.0 Å². The first-order valence-electron chi connectivity index (χ1n) is 5.96. The average Bonchev–Trinajstić information content (AvgIpc) is 2.81. The Hall–Kier alpha value is -0.840. The third kappa shape index (κ3) is 4.80. The number of para-hydroxylation sites is 1. The second kappa shape index (κ2) is 7.56. The number of hydrogen-bond acceptors (Lipinski definition) is 3. The minimum absolute atomic E-state index is 0.754. The largest absolute Gasteiger partial charge is 0.494 e. The Morgan fingerprint density at radius 3 is 2.78 bits per heavy atom. The Morgan fingerprint density at radius 2 is 2.06 bits per heavy atom. The van der Waals surface area contributed by atoms with Crippen molar-refractivity contribution in [1.29, 1.82) is 0 Å². The van der Waals surface area contributed by atoms with Gasteiger partial charge in [-0.1, -0.05) is 18.2 Å². The highest BCUT2D eigenvalue weighted by Crippen LogP contribution is 2.20. The summed E-state index contributed by atoms with van der Waals surface area (Å²) in [4.78, 5) is 0. The lowest BCUT2D eigenvalue weighted by molar-refractivity contribution is 0.308. The van der Waals surface area contributed by atoms with Crippen LogP contribution >= 0.6 is 27.3 Å². The van der Waals surface area contributed by atoms with Crippen LogP contribution in [-0.2, 0) is 6.54 Å². The molecule has 0 saturated heterocycles. The lowest BCUT2D eigenvalue weighted by Crippen LogP contribution is -2.16. The van der Waals surface area contributed by atoms with E-state index >= 15 is 0 Å². The van der Waals surface area contributed by atoms with Crippen LogP contribution in [0.2, 0.25) is 0 Å². The molecule has 0 bridgehead atoms. The molecule has 0 aliphatic carbocycles. The summed E-state index contributed by atoms with van der Waals surface area (Å²) in [5.41, 5.74) is 1.33. The van der Waals surface area contributed by atoms with Crippen LogP contribution in [0.3, 0.4) is 0 Å². The van der Waals surface area contributed by atoms with Crippen molar-refractivity contribution in [3.05, 3.63) is 51.1 Å². The molecule has 0 spiro atoms. The molecule has 1 aromatic carbocycles. The predicted molar refractivity (Wildman–Crippen MR) is 80.3 cm³/mol. The molecule has 0 saturated carbocycles. The standard InChI is InChI=1S/C14H16BrNOS/c15-14-9-12(11-18-14)10-16-7-4-8-17-13-5-2-1-3-6-13/h1-3,5-6,9,11,16H,4,7-8,10H2. The monoisotopic (exact) mass is 325 g/mol. The minimum atomic E-state index is 0.754. The van der Waals surface area contributed by atoms with Crippen LogP contribution in [-0.4, -0.2) is 13.2 Å². The zero-order chi connectivity index (χ0) is 12.6. The lowest BCUT2D eigenvalue weighted by atomic mass is 10.3. The molecule has 0 aliphatic rings. The summed E-state index contributed by atoms with van der Waals surface area (Å²) in [6.07, 6.45) is 1.01. The van der Waals surface area contributed by atoms with E-state index in [-0.39, 0.29) is 0 Å². The van der Waals surface area contributed by atoms with E-state index in [4.69, 9.17) is 4.74 Å². The third-order valence-corrected chi connectivity index (χ3v) is 4.01. The lowest BCUT2D eigenvalue weighted by Gasteiger charge is -2.06. The fraction of sp³-hybridized carbons (Fsp3) is 0.286. The Kier molecular flexibility index (Phi) is 5.71. The van der Waals surface area contributed by atoms with E-state index in [2.05, 4.69) is 32.7 Å². The molecule has 0 unspecified atom stereocenters. The van der Waals surface area contributed by atoms with Gasteiger partial charge in [-0.3, -0.25) is 0 Å². The zero-order valence-corrected chi connectivity index (χ0v) is 12.5. The fourth-order valence-corrected chi connectivity index (χ4v) is 2.78. The maximum absolute atomic E-state index is 5.62. The van der Waals surface area contributed by atoms with Gasteiger partial charge in [0.2, 0.25) is 0 Å². The molecule has 4 heteroatoms. The number of halogens is 1. The van der Waals surface area contributed by atoms with Crippen molar-refractivity contribution in [3.8, 4) is 5.75 Å². The summed E-state index contributed by atoms with van der Waals surface area (Å²) in [5, 5.41) is 5.57. The molecule has 0 fully saturated rings. The van der Waals surface area contributed by atoms with E-state index in [0.717, 1.165) is 31.9 Å². The molecule has 96 valence electrons. The van der Waals surface area contributed by atoms with E-state index in [9.17, 15) is 0 Å². The maximum Gasteiger partial charge on any atom is 0.119 e. The first-order chi connectivity index (χ1) is 8.84. The van der Waals surface area contributed by atoms with Gasteiger partial charge < -0.3 is 10.1 Å². The van der Waals surface area contributed by atoms with Gasteiger partial charge in [0.15, 0.2) is 0 Å². The molecule has 2 aromatic rings. The van der Waals surface area contributed by atoms with Crippen molar-refractivity contribution in [2.45, 2.75) is 13.0 Å². The quantitative estimate of drug-likeness (QED) is 0.775. The molecule has 1 N–H and O–H groups in total. The van der Waals surface area contributed by atoms with E-state index < -0.39 is 0 Å². The van der Waals surface area contributed by atoms with Gasteiger partial charge in [-0.25, -0.2) is 0 Å². The van der Waals surface area contributed by atoms with Crippen molar-refractivity contribution >= 4 is 27.3 Å². The van der Waals surface area contributed by atoms with Crippen molar-refractivity contribution in [1.82, 2.24) is 5.32 Å². The predicted octanol–water partition coefficient (Wildman–Crippen LogP) is 4.07. The Morgan fingerprint density at radius 1 is 1.22 bits per heavy atom. The van der Waals surface area contributed by atoms with Crippen molar-refractivity contribution in [3.63, 3.8) is 0 Å². The van der Waals surface area contributed by atoms with Gasteiger partial charge in [-0.2, -0.15) is 0 Å². The molecule has 0 amide bonds. The highest BCUT2D eigenvalue weighted by atomic mass is 79.9. The molecular formula is C14H16BrNOS. The second-order valence-corrected chi connectivity index (χ2v) is 6.24. The number of thiophene rings is 1. The molecule has 0 atom stereocenters. The molecule has 18 heavy (non-hydrogen) atoms. The van der Waals surface area contributed by atoms with E-state index in [1.165, 1.54) is 9.35 Å². The van der Waals surface area contributed by atoms with Crippen LogP contribution in [0, 0.1) is 0 Å². The van der Waals surface area contributed by atoms with Crippen LogP contribution in [0.25, 0.3) is 0 Å². The van der Waals surface area contributed by atoms with Gasteiger partial charge in [0.25, 0.3) is 0 Å². The summed E-state index contributed by atoms with van der Waals surface area (Å²) in [6.45, 7) is 2.65. The van der Waals surface area contributed by atoms with Gasteiger partial charge in [-0.15, -0.1) is 11.3 Å². The molecule has 2 rings (SSSR count). The Balaban J connectivity index is 1.54. The molecule has 1 heterocycles. The van der Waals surface area contributed by atoms with E-state index in [1.54, 1.807) is 11.3 Å². The first kappa shape index (κ1) is 13.6. The third-order valence-electron chi connectivity index (χ3n) is 2.46. The molecule has 2 nitrogen and oxygen atoms in total. The number of benzene rings is 1. The van der Waals surface area contributed by atoms with Crippen LogP contribution < -0.4 is 10.1 Å². The van der Waals surface area contributed by atoms with Gasteiger partial charge in [0.05, 0.1) is 10.4 Å². The van der Waals surface area contributed by atoms with Crippen LogP contribution in [0.4, 0.5) is 0 Å². The van der Waals surface area contributed by atoms with Crippen molar-refractivity contribution in [2.24, 2.45) is 0 Å². The number of ether oxygens (including phenoxy) is 1. The van der Waals surface area contributed by atoms with Gasteiger partial charge in [0.1, 0.15) is 5.75 Å². The Labute approximate surface area is 120 Å². The van der Waals surface area contributed by atoms with Gasteiger partial charge in [-0.05, 0) is 58.0 Å². The summed E-state index contributed by atoms with van der Waals surface area (Å²) >= 11 is 5.18. The molecule has 1 aromatic heterocycles. The fourth-order valence-electron chi connectivity index (χ4n) is 1.58. The van der Waals surface area contributed by atoms with Crippen molar-refractivity contribution < 1.29 is 4.74 Å². The average molecular weight is 326 g/mol. The van der Waals surface area contributed by atoms with Crippen LogP contribution in [0.5, 0.6) is 5.75 Å². The second-order valence-electron chi connectivity index (χ2n) is 3.95. The van der Waals surface area contributed by atoms with E-state index in [1.807, 2.05) is 30.3 Å². The molecule has 0 radical (unpaired) electrons. The Bertz CT molecular complexity index is 458. The highest BCUT2D eigenvalue weighted by molar-refractivity contribution is 9.11. The maximum atomic E-state index is 5.62. The van der Waals surface area contributed by atoms with Crippen molar-refractivity contribution in [2.75, 3.05) is 13.2 Å². The number of nitrogens with one attached hydrogen (secondary N) is 1. The number of hydrogen-bond donors (Lipinski definition) is 1. The zero-order valence-electron chi connectivity index (χ0n) is 10.1. The smallest absolute Gasteiger partial charge is 0.119 e. The molecule has 0 aliphatic heterocycles. The summed E-state index contributed by atoms with van der Waals surface area (Å²) in [7, 11) is 0. The normalized spacial score (nSPS) is 10.5. The van der Waals surface area contributed by atoms with Gasteiger partial charge in [0, 0.05) is 6.54 Å².